The van der Waals surface area contributed by atoms with Gasteiger partial charge >= 0.3 is 0 Å². The van der Waals surface area contributed by atoms with Gasteiger partial charge in [0, 0.05) is 18.7 Å². The molecule has 60 valence electrons. The van der Waals surface area contributed by atoms with E-state index in [1.807, 2.05) is 6.07 Å². The van der Waals surface area contributed by atoms with Crippen LogP contribution in [0.15, 0.2) is 18.2 Å². The maximum Gasteiger partial charge on any atom is 0.128 e. The van der Waals surface area contributed by atoms with E-state index in [1.165, 1.54) is 6.07 Å². The lowest BCUT2D eigenvalue weighted by Crippen LogP contribution is -2.00. The molecule has 0 fully saturated rings. The number of hydrogen-bond donors (Lipinski definition) is 1. The zero-order chi connectivity index (χ0) is 6.97. The van der Waals surface area contributed by atoms with Gasteiger partial charge in [0.2, 0.25) is 0 Å². The Hall–Kier alpha value is -0.890. The van der Waals surface area contributed by atoms with Gasteiger partial charge in [-0.2, -0.15) is 0 Å². The fraction of sp³-hybridized carbons (Fsp3) is 0.333. The maximum atomic E-state index is 12.9. The summed E-state index contributed by atoms with van der Waals surface area (Å²) in [7, 11) is 0. The van der Waals surface area contributed by atoms with E-state index < -0.39 is 0 Å². The zero-order valence-electron chi connectivity index (χ0n) is 5.52. The summed E-state index contributed by atoms with van der Waals surface area (Å²) in [6, 6.07) is 5.21. The third-order valence-corrected chi connectivity index (χ3v) is 1.83. The highest BCUT2D eigenvalue weighted by Gasteiger charge is 2.12. The molecule has 1 aliphatic heterocycles. The predicted molar refractivity (Wildman–Crippen MR) is 43.7 cm³/mol. The van der Waals surface area contributed by atoms with Crippen LogP contribution in [0.5, 0.6) is 0 Å². The Morgan fingerprint density at radius 2 is 2.09 bits per heavy atom. The lowest BCUT2D eigenvalue weighted by Gasteiger charge is -1.96. The molecule has 0 bridgehead atoms. The Bertz CT molecular complexity index is 258. The molecule has 1 aliphatic rings. The molecule has 0 aromatic heterocycles. The van der Waals surface area contributed by atoms with Crippen LogP contribution in [-0.2, 0) is 13.1 Å². The van der Waals surface area contributed by atoms with Crippen LogP contribution in [-0.4, -0.2) is 0 Å². The molecule has 1 aromatic rings. The summed E-state index contributed by atoms with van der Waals surface area (Å²) in [5.74, 6) is -0.0810. The first-order valence-electron chi connectivity index (χ1n) is 3.35. The number of rotatable bonds is 0. The van der Waals surface area contributed by atoms with Crippen LogP contribution < -0.4 is 5.32 Å². The van der Waals surface area contributed by atoms with E-state index in [2.05, 4.69) is 5.32 Å². The van der Waals surface area contributed by atoms with Gasteiger partial charge in [-0.25, -0.2) is 4.39 Å². The summed E-state index contributed by atoms with van der Waals surface area (Å²) in [6.45, 7) is 1.50. The number of halogens is 1. The zero-order valence-corrected chi connectivity index (χ0v) is 5.52. The number of fused-ring (bicyclic) bond motifs is 1. The molecule has 11 heavy (non-hydrogen) atoms. The van der Waals surface area contributed by atoms with Gasteiger partial charge in [0.15, 0.2) is 0 Å². The minimum atomic E-state index is -0.0810. The topological polar surface area (TPSA) is 12.0 Å². The van der Waals surface area contributed by atoms with Gasteiger partial charge < -0.3 is 5.32 Å². The average Bonchev–Trinajstić information content (AvgIpc) is 2.36. The molecule has 0 aliphatic carbocycles. The standard InChI is InChI=1S/C8H8FN.CH4/c9-8-3-1-2-6-4-10-5-7(6)8;/h1-3,10H,4-5H2;1H4. The van der Waals surface area contributed by atoms with Gasteiger partial charge in [-0.05, 0) is 11.6 Å². The highest BCUT2D eigenvalue weighted by Crippen LogP contribution is 2.17. The Balaban J connectivity index is 0.000000605. The smallest absolute Gasteiger partial charge is 0.128 e. The van der Waals surface area contributed by atoms with Crippen molar-refractivity contribution in [1.29, 1.82) is 0 Å². The molecule has 0 radical (unpaired) electrons. The number of benzene rings is 1. The minimum absolute atomic E-state index is 0. The largest absolute Gasteiger partial charge is 0.308 e. The monoisotopic (exact) mass is 153 g/mol. The molecular formula is C9H12FN. The summed E-state index contributed by atoms with van der Waals surface area (Å²) >= 11 is 0. The highest BCUT2D eigenvalue weighted by molar-refractivity contribution is 5.31. The summed E-state index contributed by atoms with van der Waals surface area (Å²) in [6.07, 6.45) is 0. The first-order valence-corrected chi connectivity index (χ1v) is 3.35. The first-order chi connectivity index (χ1) is 4.88. The fourth-order valence-electron chi connectivity index (χ4n) is 1.29. The first kappa shape index (κ1) is 8.21. The van der Waals surface area contributed by atoms with E-state index in [1.54, 1.807) is 6.07 Å². The summed E-state index contributed by atoms with van der Waals surface area (Å²) in [5.41, 5.74) is 1.93. The second-order valence-corrected chi connectivity index (χ2v) is 2.48. The molecule has 1 N–H and O–H groups in total. The van der Waals surface area contributed by atoms with Gasteiger partial charge in [-0.15, -0.1) is 0 Å². The second kappa shape index (κ2) is 3.01. The Morgan fingerprint density at radius 3 is 2.82 bits per heavy atom. The highest BCUT2D eigenvalue weighted by atomic mass is 19.1. The molecule has 1 aromatic carbocycles. The van der Waals surface area contributed by atoms with Crippen molar-refractivity contribution in [3.63, 3.8) is 0 Å². The van der Waals surface area contributed by atoms with Crippen LogP contribution >= 0.6 is 0 Å². The van der Waals surface area contributed by atoms with Gasteiger partial charge in [-0.1, -0.05) is 19.6 Å². The maximum absolute atomic E-state index is 12.9. The third-order valence-electron chi connectivity index (χ3n) is 1.83. The quantitative estimate of drug-likeness (QED) is 0.601. The third kappa shape index (κ3) is 1.26. The second-order valence-electron chi connectivity index (χ2n) is 2.48. The van der Waals surface area contributed by atoms with E-state index in [0.717, 1.165) is 17.7 Å². The minimum Gasteiger partial charge on any atom is -0.308 e. The van der Waals surface area contributed by atoms with Crippen molar-refractivity contribution in [2.24, 2.45) is 0 Å². The van der Waals surface area contributed by atoms with Crippen molar-refractivity contribution in [2.75, 3.05) is 0 Å². The molecule has 0 saturated carbocycles. The number of nitrogens with one attached hydrogen (secondary N) is 1. The molecule has 0 atom stereocenters. The normalized spacial score (nSPS) is 13.9. The Morgan fingerprint density at radius 1 is 1.27 bits per heavy atom. The Labute approximate surface area is 66.2 Å². The van der Waals surface area contributed by atoms with Gasteiger partial charge in [0.25, 0.3) is 0 Å². The van der Waals surface area contributed by atoms with Crippen molar-refractivity contribution in [2.45, 2.75) is 20.5 Å². The molecule has 0 saturated heterocycles. The van der Waals surface area contributed by atoms with Crippen LogP contribution in [0.3, 0.4) is 0 Å². The molecule has 2 rings (SSSR count). The van der Waals surface area contributed by atoms with Crippen LogP contribution in [0.25, 0.3) is 0 Å². The van der Waals surface area contributed by atoms with Crippen molar-refractivity contribution >= 4 is 0 Å². The lowest BCUT2D eigenvalue weighted by atomic mass is 10.1. The Kier molecular flexibility index (Phi) is 2.25. The van der Waals surface area contributed by atoms with Crippen molar-refractivity contribution < 1.29 is 4.39 Å². The van der Waals surface area contributed by atoms with Crippen molar-refractivity contribution in [3.05, 3.63) is 35.1 Å². The van der Waals surface area contributed by atoms with Crippen LogP contribution in [0.1, 0.15) is 18.6 Å². The average molecular weight is 153 g/mol. The molecule has 2 heteroatoms. The lowest BCUT2D eigenvalue weighted by molar-refractivity contribution is 0.608. The van der Waals surface area contributed by atoms with Crippen molar-refractivity contribution in [3.8, 4) is 0 Å². The van der Waals surface area contributed by atoms with Crippen LogP contribution in [0.2, 0.25) is 0 Å². The van der Waals surface area contributed by atoms with Gasteiger partial charge in [-0.3, -0.25) is 0 Å². The van der Waals surface area contributed by atoms with E-state index in [0.29, 0.717) is 6.54 Å². The SMILES string of the molecule is C.Fc1cccc2c1CNC2. The molecule has 1 heterocycles. The summed E-state index contributed by atoms with van der Waals surface area (Å²) in [4.78, 5) is 0. The van der Waals surface area contributed by atoms with Crippen molar-refractivity contribution in [1.82, 2.24) is 5.32 Å². The summed E-state index contributed by atoms with van der Waals surface area (Å²) < 4.78 is 12.9. The molecular weight excluding hydrogens is 141 g/mol. The van der Waals surface area contributed by atoms with E-state index in [9.17, 15) is 4.39 Å². The molecule has 0 unspecified atom stereocenters. The molecule has 0 amide bonds. The van der Waals surface area contributed by atoms with Gasteiger partial charge in [0.05, 0.1) is 0 Å². The van der Waals surface area contributed by atoms with E-state index in [4.69, 9.17) is 0 Å². The molecule has 0 spiro atoms. The predicted octanol–water partition coefficient (Wildman–Crippen LogP) is 2.06. The molecule has 1 nitrogen and oxygen atoms in total. The van der Waals surface area contributed by atoms with Crippen LogP contribution in [0.4, 0.5) is 4.39 Å². The van der Waals surface area contributed by atoms with Crippen LogP contribution in [0, 0.1) is 5.82 Å². The summed E-state index contributed by atoms with van der Waals surface area (Å²) in [5, 5.41) is 3.09. The van der Waals surface area contributed by atoms with E-state index >= 15 is 0 Å². The fourth-order valence-corrected chi connectivity index (χ4v) is 1.29. The van der Waals surface area contributed by atoms with E-state index in [-0.39, 0.29) is 13.2 Å². The number of hydrogen-bond acceptors (Lipinski definition) is 1. The van der Waals surface area contributed by atoms with Gasteiger partial charge in [0.1, 0.15) is 5.82 Å².